The number of rotatable bonds is 7. The van der Waals surface area contributed by atoms with Crippen LogP contribution in [0, 0.1) is 11.3 Å². The predicted octanol–water partition coefficient (Wildman–Crippen LogP) is 8.10. The quantitative estimate of drug-likeness (QED) is 0.196. The van der Waals surface area contributed by atoms with Gasteiger partial charge in [0.15, 0.2) is 5.78 Å². The number of hydrogen-bond donors (Lipinski definition) is 2. The maximum atomic E-state index is 14.3. The van der Waals surface area contributed by atoms with E-state index < -0.39 is 27.1 Å². The third-order valence-corrected chi connectivity index (χ3v) is 13.2. The maximum absolute atomic E-state index is 14.3. The van der Waals surface area contributed by atoms with Gasteiger partial charge >= 0.3 is 0 Å². The van der Waals surface area contributed by atoms with Gasteiger partial charge in [-0.25, -0.2) is 8.42 Å². The molecule has 0 aromatic heterocycles. The van der Waals surface area contributed by atoms with Gasteiger partial charge in [-0.2, -0.15) is 4.31 Å². The molecule has 7 heteroatoms. The van der Waals surface area contributed by atoms with Crippen LogP contribution in [0.4, 0.5) is 0 Å². The van der Waals surface area contributed by atoms with E-state index in [1.807, 2.05) is 48.5 Å². The van der Waals surface area contributed by atoms with Crippen molar-refractivity contribution in [2.24, 2.45) is 11.3 Å². The fraction of sp³-hybridized carbons (Fsp3) is 0.537. The molecule has 3 aromatic carbocycles. The van der Waals surface area contributed by atoms with Crippen LogP contribution in [0.15, 0.2) is 72.3 Å². The Balaban J connectivity index is 1.41. The molecule has 0 saturated heterocycles. The van der Waals surface area contributed by atoms with E-state index in [9.17, 15) is 23.4 Å². The van der Waals surface area contributed by atoms with Crippen LogP contribution in [0.2, 0.25) is 0 Å². The van der Waals surface area contributed by atoms with E-state index in [0.29, 0.717) is 32.1 Å². The number of carbonyl (C=O) groups is 1. The second kappa shape index (κ2) is 14.2. The molecule has 4 atom stereocenters. The van der Waals surface area contributed by atoms with Crippen molar-refractivity contribution in [3.05, 3.63) is 94.6 Å². The third kappa shape index (κ3) is 7.21. The molecule has 0 heterocycles. The number of nitrogens with zero attached hydrogens (tertiary/aromatic N) is 1. The van der Waals surface area contributed by atoms with Crippen molar-refractivity contribution in [2.45, 2.75) is 115 Å². The van der Waals surface area contributed by atoms with Crippen LogP contribution in [0.3, 0.4) is 0 Å². The lowest BCUT2D eigenvalue weighted by atomic mass is 9.64. The number of sulfonamides is 1. The summed E-state index contributed by atoms with van der Waals surface area (Å²) in [6.07, 6.45) is 12.5. The van der Waals surface area contributed by atoms with Gasteiger partial charge in [0.25, 0.3) is 0 Å². The average Bonchev–Trinajstić information content (AvgIpc) is 3.32. The molecule has 4 unspecified atom stereocenters. The topological polar surface area (TPSA) is 94.9 Å². The Hall–Kier alpha value is -2.84. The van der Waals surface area contributed by atoms with E-state index >= 15 is 0 Å². The Bertz CT molecular complexity index is 1770. The van der Waals surface area contributed by atoms with Crippen molar-refractivity contribution in [2.75, 3.05) is 12.8 Å². The highest BCUT2D eigenvalue weighted by Gasteiger charge is 2.58. The molecule has 4 aliphatic rings. The van der Waals surface area contributed by atoms with E-state index in [1.54, 1.807) is 0 Å². The number of aliphatic hydroxyl groups is 2. The van der Waals surface area contributed by atoms with E-state index in [4.69, 9.17) is 0 Å². The van der Waals surface area contributed by atoms with Crippen LogP contribution < -0.4 is 0 Å². The largest absolute Gasteiger partial charge is 0.393 e. The summed E-state index contributed by atoms with van der Waals surface area (Å²) in [4.78, 5) is 14.3. The Morgan fingerprint density at radius 2 is 1.71 bits per heavy atom. The molecule has 2 N–H and O–H groups in total. The van der Waals surface area contributed by atoms with Crippen molar-refractivity contribution >= 4 is 26.6 Å². The second-order valence-electron chi connectivity index (χ2n) is 15.3. The van der Waals surface area contributed by atoms with Gasteiger partial charge < -0.3 is 10.2 Å². The molecule has 2 bridgehead atoms. The zero-order valence-electron chi connectivity index (χ0n) is 29.0. The summed E-state index contributed by atoms with van der Waals surface area (Å²) in [6, 6.07) is 20.1. The lowest BCUT2D eigenvalue weighted by molar-refractivity contribution is -0.0731. The fourth-order valence-corrected chi connectivity index (χ4v) is 9.82. The van der Waals surface area contributed by atoms with Gasteiger partial charge in [-0.1, -0.05) is 92.4 Å². The number of ketones is 1. The summed E-state index contributed by atoms with van der Waals surface area (Å²) in [7, 11) is -3.69. The van der Waals surface area contributed by atoms with Crippen molar-refractivity contribution < 1.29 is 23.4 Å². The number of fused-ring (bicyclic) bond motifs is 9. The van der Waals surface area contributed by atoms with Crippen molar-refractivity contribution in [1.29, 1.82) is 0 Å². The Morgan fingerprint density at radius 3 is 2.48 bits per heavy atom. The minimum absolute atomic E-state index is 0.00453. The maximum Gasteiger partial charge on any atom is 0.211 e. The van der Waals surface area contributed by atoms with Crippen molar-refractivity contribution in [3.63, 3.8) is 0 Å². The van der Waals surface area contributed by atoms with Gasteiger partial charge in [0.05, 0.1) is 18.0 Å². The first-order valence-electron chi connectivity index (χ1n) is 18.0. The van der Waals surface area contributed by atoms with Gasteiger partial charge in [0, 0.05) is 30.0 Å². The highest BCUT2D eigenvalue weighted by molar-refractivity contribution is 7.88. The summed E-state index contributed by atoms with van der Waals surface area (Å²) in [6.45, 7) is 4.39. The SMILES string of the molecule is CC1=CCCC2(C)C(CCC2(O)CN(Cc2cccc3ccccc23)S(C)(=O)=O)c2ccc(cc2C(=O)C2CCCCC2)CC(O)CC1. The molecule has 48 heavy (non-hydrogen) atoms. The normalized spacial score (nSPS) is 27.5. The van der Waals surface area contributed by atoms with E-state index in [0.717, 1.165) is 71.6 Å². The molecule has 0 spiro atoms. The molecule has 0 amide bonds. The van der Waals surface area contributed by atoms with E-state index in [2.05, 4.69) is 32.1 Å². The van der Waals surface area contributed by atoms with E-state index in [1.165, 1.54) is 22.6 Å². The molecular formula is C41H53NO5S. The Labute approximate surface area is 287 Å². The number of aliphatic hydroxyl groups excluding tert-OH is 1. The summed E-state index contributed by atoms with van der Waals surface area (Å²) in [5.74, 6) is 0.0603. The summed E-state index contributed by atoms with van der Waals surface area (Å²) in [5.41, 5.74) is 2.79. The molecule has 4 aliphatic carbocycles. The first-order chi connectivity index (χ1) is 22.9. The number of benzene rings is 3. The minimum atomic E-state index is -3.69. The van der Waals surface area contributed by atoms with Gasteiger partial charge in [-0.3, -0.25) is 4.79 Å². The van der Waals surface area contributed by atoms with Crippen LogP contribution in [-0.2, 0) is 23.0 Å². The molecule has 7 rings (SSSR count). The molecule has 258 valence electrons. The van der Waals surface area contributed by atoms with Gasteiger partial charge in [-0.05, 0) is 104 Å². The second-order valence-corrected chi connectivity index (χ2v) is 17.3. The molecule has 0 aliphatic heterocycles. The molecule has 2 fully saturated rings. The Morgan fingerprint density at radius 1 is 0.958 bits per heavy atom. The number of allylic oxidation sites excluding steroid dienone is 2. The third-order valence-electron chi connectivity index (χ3n) is 12.0. The Kier molecular flexibility index (Phi) is 10.3. The monoisotopic (exact) mass is 671 g/mol. The van der Waals surface area contributed by atoms with Crippen LogP contribution >= 0.6 is 0 Å². The highest BCUT2D eigenvalue weighted by atomic mass is 32.2. The fourth-order valence-electron chi connectivity index (χ4n) is 9.00. The van der Waals surface area contributed by atoms with Gasteiger partial charge in [0.1, 0.15) is 0 Å². The molecule has 3 aromatic rings. The predicted molar refractivity (Wildman–Crippen MR) is 194 cm³/mol. The zero-order valence-corrected chi connectivity index (χ0v) is 29.8. The first kappa shape index (κ1) is 35.0. The summed E-state index contributed by atoms with van der Waals surface area (Å²) in [5, 5.41) is 25.8. The van der Waals surface area contributed by atoms with Crippen LogP contribution in [0.5, 0.6) is 0 Å². The number of carbonyl (C=O) groups excluding carboxylic acids is 1. The number of Topliss-reactive ketones (excluding diaryl/α,β-unsaturated/α-hetero) is 1. The van der Waals surface area contributed by atoms with Crippen molar-refractivity contribution in [3.8, 4) is 0 Å². The summed E-state index contributed by atoms with van der Waals surface area (Å²) >= 11 is 0. The minimum Gasteiger partial charge on any atom is -0.393 e. The highest BCUT2D eigenvalue weighted by Crippen LogP contribution is 2.59. The van der Waals surface area contributed by atoms with Crippen LogP contribution in [0.25, 0.3) is 10.8 Å². The van der Waals surface area contributed by atoms with Crippen molar-refractivity contribution in [1.82, 2.24) is 4.31 Å². The molecule has 0 radical (unpaired) electrons. The lowest BCUT2D eigenvalue weighted by Gasteiger charge is -2.46. The van der Waals surface area contributed by atoms with Gasteiger partial charge in [-0.15, -0.1) is 0 Å². The van der Waals surface area contributed by atoms with Crippen LogP contribution in [-0.4, -0.2) is 53.2 Å². The molecule has 6 nitrogen and oxygen atoms in total. The molecule has 2 saturated carbocycles. The van der Waals surface area contributed by atoms with E-state index in [-0.39, 0.29) is 30.7 Å². The first-order valence-corrected chi connectivity index (χ1v) is 19.9. The smallest absolute Gasteiger partial charge is 0.211 e. The number of hydrogen-bond acceptors (Lipinski definition) is 5. The standard InChI is InChI=1S/C41H53NO5S/c1-29-11-10-23-40(2)38(36-21-19-30(25-34(43)20-18-29)26-37(36)39(44)32-13-5-4-6-14-32)22-24-41(40,45)28-42(48(3,46)47)27-33-16-9-15-31-12-7-8-17-35(31)33/h7-9,11-12,15-17,19,21,26,32,34,38,43,45H,4-6,10,13-14,18,20,22-25,27-28H2,1-3H3. The average molecular weight is 672 g/mol. The zero-order chi connectivity index (χ0) is 34.1. The lowest BCUT2D eigenvalue weighted by Crippen LogP contribution is -2.53. The van der Waals surface area contributed by atoms with Gasteiger partial charge in [0.2, 0.25) is 10.0 Å². The van der Waals surface area contributed by atoms with Crippen LogP contribution in [0.1, 0.15) is 117 Å². The molecular weight excluding hydrogens is 619 g/mol. The summed E-state index contributed by atoms with van der Waals surface area (Å²) < 4.78 is 28.4.